The average molecular weight is 389 g/mol. The van der Waals surface area contributed by atoms with E-state index < -0.39 is 0 Å². The summed E-state index contributed by atoms with van der Waals surface area (Å²) in [6, 6.07) is 7.79. The van der Waals surface area contributed by atoms with Gasteiger partial charge in [-0.2, -0.15) is 15.0 Å². The molecule has 1 aromatic carbocycles. The average Bonchev–Trinajstić information content (AvgIpc) is 3.43. The molecule has 2 aliphatic heterocycles. The molecule has 8 nitrogen and oxygen atoms in total. The van der Waals surface area contributed by atoms with Crippen LogP contribution in [-0.4, -0.2) is 61.4 Å². The number of rotatable bonds is 3. The minimum atomic E-state index is 0.0264. The summed E-state index contributed by atoms with van der Waals surface area (Å²) in [5, 5.41) is 8.40. The first-order valence-electron chi connectivity index (χ1n) is 10.0. The molecule has 2 saturated heterocycles. The third-order valence-electron chi connectivity index (χ3n) is 5.95. The first-order valence-corrected chi connectivity index (χ1v) is 10.0. The van der Waals surface area contributed by atoms with Crippen LogP contribution in [-0.2, 0) is 0 Å². The third-order valence-corrected chi connectivity index (χ3v) is 5.95. The lowest BCUT2D eigenvalue weighted by atomic mass is 9.91. The van der Waals surface area contributed by atoms with Crippen molar-refractivity contribution in [2.75, 3.05) is 24.5 Å². The molecule has 2 aromatic heterocycles. The zero-order valence-electron chi connectivity index (χ0n) is 16.3. The fourth-order valence-corrected chi connectivity index (χ4v) is 4.54. The minimum Gasteiger partial charge on any atom is -0.350 e. The number of fused-ring (bicyclic) bond motifs is 1. The van der Waals surface area contributed by atoms with E-state index in [1.54, 1.807) is 18.6 Å². The van der Waals surface area contributed by atoms with Crippen LogP contribution in [0.2, 0.25) is 0 Å². The van der Waals surface area contributed by atoms with Crippen molar-refractivity contribution < 1.29 is 4.79 Å². The monoisotopic (exact) mass is 389 g/mol. The summed E-state index contributed by atoms with van der Waals surface area (Å²) in [6.07, 6.45) is 8.98. The van der Waals surface area contributed by atoms with Crippen molar-refractivity contribution >= 4 is 11.7 Å². The maximum atomic E-state index is 13.4. The number of aryl methyl sites for hydroxylation is 1. The van der Waals surface area contributed by atoms with Gasteiger partial charge in [0, 0.05) is 25.8 Å². The molecule has 3 aromatic rings. The van der Waals surface area contributed by atoms with Gasteiger partial charge in [0.15, 0.2) is 0 Å². The molecule has 0 spiro atoms. The molecule has 0 radical (unpaired) electrons. The molecule has 148 valence electrons. The lowest BCUT2D eigenvalue weighted by molar-refractivity contribution is 0.0678. The van der Waals surface area contributed by atoms with Crippen LogP contribution in [0.15, 0.2) is 49.1 Å². The van der Waals surface area contributed by atoms with Crippen molar-refractivity contribution in [2.45, 2.75) is 25.8 Å². The van der Waals surface area contributed by atoms with E-state index in [2.05, 4.69) is 25.1 Å². The van der Waals surface area contributed by atoms with Crippen LogP contribution in [0.1, 0.15) is 28.9 Å². The van der Waals surface area contributed by atoms with E-state index in [1.165, 1.54) is 4.80 Å². The van der Waals surface area contributed by atoms with Gasteiger partial charge in [-0.05, 0) is 37.8 Å². The number of likely N-dealkylation sites (tertiary alicyclic amines) is 1. The number of hydrogen-bond donors (Lipinski definition) is 0. The van der Waals surface area contributed by atoms with Crippen LogP contribution in [0.5, 0.6) is 0 Å². The molecule has 0 bridgehead atoms. The summed E-state index contributed by atoms with van der Waals surface area (Å²) < 4.78 is 0. The van der Waals surface area contributed by atoms with Gasteiger partial charge in [0.2, 0.25) is 0 Å². The number of benzene rings is 1. The minimum absolute atomic E-state index is 0.0264. The van der Waals surface area contributed by atoms with Crippen molar-refractivity contribution in [1.29, 1.82) is 0 Å². The van der Waals surface area contributed by atoms with Crippen molar-refractivity contribution in [1.82, 2.24) is 29.9 Å². The van der Waals surface area contributed by atoms with Gasteiger partial charge in [-0.15, -0.1) is 0 Å². The van der Waals surface area contributed by atoms with E-state index in [1.807, 2.05) is 42.3 Å². The Bertz CT molecular complexity index is 1020. The smallest absolute Gasteiger partial charge is 0.256 e. The molecule has 2 atom stereocenters. The van der Waals surface area contributed by atoms with Crippen molar-refractivity contribution in [3.63, 3.8) is 0 Å². The molecular weight excluding hydrogens is 366 g/mol. The van der Waals surface area contributed by atoms with Gasteiger partial charge in [-0.25, -0.2) is 4.98 Å². The Balaban J connectivity index is 1.40. The predicted octanol–water partition coefficient (Wildman–Crippen LogP) is 2.11. The molecule has 29 heavy (non-hydrogen) atoms. The van der Waals surface area contributed by atoms with E-state index in [-0.39, 0.29) is 11.9 Å². The normalized spacial score (nSPS) is 21.3. The molecule has 2 aliphatic rings. The third kappa shape index (κ3) is 3.24. The highest BCUT2D eigenvalue weighted by molar-refractivity contribution is 5.97. The first-order chi connectivity index (χ1) is 14.2. The molecular formula is C21H23N7O. The number of para-hydroxylation sites is 1. The van der Waals surface area contributed by atoms with Gasteiger partial charge in [-0.3, -0.25) is 9.78 Å². The Morgan fingerprint density at radius 2 is 1.86 bits per heavy atom. The van der Waals surface area contributed by atoms with Gasteiger partial charge in [-0.1, -0.05) is 12.1 Å². The maximum Gasteiger partial charge on any atom is 0.256 e. The van der Waals surface area contributed by atoms with Gasteiger partial charge in [0.05, 0.1) is 41.6 Å². The topological polar surface area (TPSA) is 80.0 Å². The lowest BCUT2D eigenvalue weighted by Gasteiger charge is -2.39. The number of nitrogens with zero attached hydrogens (tertiary/aromatic N) is 7. The van der Waals surface area contributed by atoms with E-state index in [4.69, 9.17) is 0 Å². The summed E-state index contributed by atoms with van der Waals surface area (Å²) in [7, 11) is 0. The number of anilines is 1. The Hall–Kier alpha value is -3.29. The highest BCUT2D eigenvalue weighted by atomic mass is 16.2. The Morgan fingerprint density at radius 1 is 1.07 bits per heavy atom. The molecule has 2 fully saturated rings. The highest BCUT2D eigenvalue weighted by Crippen LogP contribution is 2.34. The molecule has 0 aliphatic carbocycles. The summed E-state index contributed by atoms with van der Waals surface area (Å²) in [5.41, 5.74) is 2.25. The maximum absolute atomic E-state index is 13.4. The Morgan fingerprint density at radius 3 is 2.69 bits per heavy atom. The number of aromatic nitrogens is 5. The molecule has 8 heteroatoms. The number of hydrogen-bond acceptors (Lipinski definition) is 6. The zero-order chi connectivity index (χ0) is 19.8. The van der Waals surface area contributed by atoms with Gasteiger partial charge in [0.25, 0.3) is 5.91 Å². The van der Waals surface area contributed by atoms with Crippen LogP contribution in [0.25, 0.3) is 5.69 Å². The predicted molar refractivity (Wildman–Crippen MR) is 108 cm³/mol. The molecule has 0 N–H and O–H groups in total. The second-order valence-electron chi connectivity index (χ2n) is 7.70. The van der Waals surface area contributed by atoms with Crippen LogP contribution in [0.4, 0.5) is 5.82 Å². The van der Waals surface area contributed by atoms with Crippen molar-refractivity contribution in [2.24, 2.45) is 5.92 Å². The fourth-order valence-electron chi connectivity index (χ4n) is 4.54. The summed E-state index contributed by atoms with van der Waals surface area (Å²) in [5.74, 6) is 1.52. The van der Waals surface area contributed by atoms with Gasteiger partial charge < -0.3 is 9.80 Å². The van der Waals surface area contributed by atoms with Crippen LogP contribution in [0.3, 0.4) is 0 Å². The standard InChI is InChI=1S/C21H23N7O/c1-15-12-22-13-20(25-15)27-11-7-16-6-10-26(14-19(16)27)21(29)17-4-2-3-5-18(17)28-23-8-9-24-28/h2-5,8-9,12-13,16,19H,6-7,10-11,14H2,1H3/t16?,19-/m0/s1. The van der Waals surface area contributed by atoms with Gasteiger partial charge >= 0.3 is 0 Å². The molecule has 4 heterocycles. The number of amides is 1. The van der Waals surface area contributed by atoms with E-state index in [9.17, 15) is 4.79 Å². The Kier molecular flexibility index (Phi) is 4.46. The number of piperidine rings is 1. The zero-order valence-corrected chi connectivity index (χ0v) is 16.3. The molecule has 5 rings (SSSR count). The summed E-state index contributed by atoms with van der Waals surface area (Å²) >= 11 is 0. The van der Waals surface area contributed by atoms with E-state index in [0.29, 0.717) is 23.7 Å². The SMILES string of the molecule is Cc1cncc(N2CCC3CCN(C(=O)c4ccccc4-n4nccn4)C[C@@H]32)n1. The summed E-state index contributed by atoms with van der Waals surface area (Å²) in [6.45, 7) is 4.39. The number of carbonyl (C=O) groups is 1. The molecule has 1 unspecified atom stereocenters. The second kappa shape index (κ2) is 7.27. The molecule has 1 amide bonds. The van der Waals surface area contributed by atoms with Crippen LogP contribution < -0.4 is 4.90 Å². The Labute approximate surface area is 169 Å². The van der Waals surface area contributed by atoms with E-state index >= 15 is 0 Å². The first kappa shape index (κ1) is 17.8. The largest absolute Gasteiger partial charge is 0.350 e. The lowest BCUT2D eigenvalue weighted by Crippen LogP contribution is -2.50. The van der Waals surface area contributed by atoms with Crippen LogP contribution >= 0.6 is 0 Å². The van der Waals surface area contributed by atoms with Gasteiger partial charge in [0.1, 0.15) is 5.82 Å². The van der Waals surface area contributed by atoms with Crippen molar-refractivity contribution in [3.05, 3.63) is 60.3 Å². The van der Waals surface area contributed by atoms with E-state index in [0.717, 1.165) is 37.4 Å². The second-order valence-corrected chi connectivity index (χ2v) is 7.70. The fraction of sp³-hybridized carbons (Fsp3) is 0.381. The number of carbonyl (C=O) groups excluding carboxylic acids is 1. The highest BCUT2D eigenvalue weighted by Gasteiger charge is 2.40. The molecule has 0 saturated carbocycles. The quantitative estimate of drug-likeness (QED) is 0.683. The van der Waals surface area contributed by atoms with Crippen LogP contribution in [0, 0.1) is 12.8 Å². The summed E-state index contributed by atoms with van der Waals surface area (Å²) in [4.78, 5) is 28.2. The van der Waals surface area contributed by atoms with Crippen molar-refractivity contribution in [3.8, 4) is 5.69 Å².